The fourth-order valence-corrected chi connectivity index (χ4v) is 3.10. The maximum absolute atomic E-state index is 5.37. The van der Waals surface area contributed by atoms with Gasteiger partial charge in [-0.15, -0.1) is 0 Å². The molecule has 1 aromatic heterocycles. The van der Waals surface area contributed by atoms with Gasteiger partial charge < -0.3 is 15.0 Å². The van der Waals surface area contributed by atoms with Crippen LogP contribution in [0.3, 0.4) is 0 Å². The van der Waals surface area contributed by atoms with Gasteiger partial charge in [-0.3, -0.25) is 0 Å². The van der Waals surface area contributed by atoms with Crippen molar-refractivity contribution in [3.8, 4) is 5.75 Å². The van der Waals surface area contributed by atoms with E-state index >= 15 is 0 Å². The maximum Gasteiger partial charge on any atom is 0.136 e. The lowest BCUT2D eigenvalue weighted by atomic mass is 10.1. The first-order valence-electron chi connectivity index (χ1n) is 7.66. The van der Waals surface area contributed by atoms with E-state index in [2.05, 4.69) is 40.4 Å². The van der Waals surface area contributed by atoms with Crippen LogP contribution in [0.25, 0.3) is 10.8 Å². The molecule has 21 heavy (non-hydrogen) atoms. The molecule has 0 spiro atoms. The minimum absolute atomic E-state index is 0.546. The van der Waals surface area contributed by atoms with Crippen LogP contribution < -0.4 is 15.0 Å². The molecule has 1 aromatic carbocycles. The first kappa shape index (κ1) is 14.1. The van der Waals surface area contributed by atoms with Crippen molar-refractivity contribution in [3.05, 3.63) is 30.5 Å². The second kappa shape index (κ2) is 6.31. The van der Waals surface area contributed by atoms with E-state index < -0.39 is 0 Å². The molecule has 4 heteroatoms. The third-order valence-corrected chi connectivity index (χ3v) is 4.38. The Kier molecular flexibility index (Phi) is 4.25. The molecule has 1 N–H and O–H groups in total. The smallest absolute Gasteiger partial charge is 0.136 e. The Morgan fingerprint density at radius 1 is 1.24 bits per heavy atom. The van der Waals surface area contributed by atoms with Crippen molar-refractivity contribution in [1.29, 1.82) is 0 Å². The summed E-state index contributed by atoms with van der Waals surface area (Å²) in [6.45, 7) is 2.21. The molecule has 3 rings (SSSR count). The van der Waals surface area contributed by atoms with Crippen LogP contribution in [0.4, 0.5) is 5.82 Å². The lowest BCUT2D eigenvalue weighted by Gasteiger charge is -2.29. The van der Waals surface area contributed by atoms with E-state index in [4.69, 9.17) is 4.74 Å². The normalized spacial score (nSPS) is 19.2. The van der Waals surface area contributed by atoms with Gasteiger partial charge in [0.25, 0.3) is 0 Å². The van der Waals surface area contributed by atoms with E-state index in [0.29, 0.717) is 6.04 Å². The highest BCUT2D eigenvalue weighted by atomic mass is 16.5. The fourth-order valence-electron chi connectivity index (χ4n) is 3.10. The second-order valence-electron chi connectivity index (χ2n) is 5.67. The van der Waals surface area contributed by atoms with Crippen LogP contribution in [0.2, 0.25) is 0 Å². The number of fused-ring (bicyclic) bond motifs is 1. The van der Waals surface area contributed by atoms with Crippen LogP contribution in [-0.2, 0) is 0 Å². The van der Waals surface area contributed by atoms with Crippen molar-refractivity contribution in [2.45, 2.75) is 25.3 Å². The van der Waals surface area contributed by atoms with Gasteiger partial charge in [0, 0.05) is 24.7 Å². The van der Waals surface area contributed by atoms with Gasteiger partial charge in [-0.2, -0.15) is 0 Å². The Morgan fingerprint density at radius 2 is 2.14 bits per heavy atom. The molecule has 0 radical (unpaired) electrons. The van der Waals surface area contributed by atoms with E-state index in [1.165, 1.54) is 24.6 Å². The average molecular weight is 285 g/mol. The van der Waals surface area contributed by atoms with Gasteiger partial charge in [-0.1, -0.05) is 6.07 Å². The monoisotopic (exact) mass is 285 g/mol. The molecule has 0 bridgehead atoms. The summed E-state index contributed by atoms with van der Waals surface area (Å²) in [7, 11) is 3.87. The van der Waals surface area contributed by atoms with Gasteiger partial charge in [-0.05, 0) is 55.9 Å². The average Bonchev–Trinajstić information content (AvgIpc) is 2.82. The molecular weight excluding hydrogens is 262 g/mol. The van der Waals surface area contributed by atoms with E-state index in [0.717, 1.165) is 30.0 Å². The number of anilines is 1. The maximum atomic E-state index is 5.37. The predicted octanol–water partition coefficient (Wildman–Crippen LogP) is 2.82. The Morgan fingerprint density at radius 3 is 3.00 bits per heavy atom. The summed E-state index contributed by atoms with van der Waals surface area (Å²) in [6.07, 6.45) is 5.50. The minimum atomic E-state index is 0.546. The molecule has 1 fully saturated rings. The summed E-state index contributed by atoms with van der Waals surface area (Å²) in [6, 6.07) is 8.79. The molecule has 1 atom stereocenters. The number of rotatable bonds is 3. The SMILES string of the molecule is COc1ccc2ccnc(N(C)C3CCCNCC3)c2c1. The number of aromatic nitrogens is 1. The van der Waals surface area contributed by atoms with E-state index in [1.807, 2.05) is 12.3 Å². The van der Waals surface area contributed by atoms with Gasteiger partial charge in [0.15, 0.2) is 0 Å². The molecular formula is C17H23N3O. The Balaban J connectivity index is 1.97. The van der Waals surface area contributed by atoms with Gasteiger partial charge in [0.2, 0.25) is 0 Å². The summed E-state index contributed by atoms with van der Waals surface area (Å²) in [5.74, 6) is 1.94. The van der Waals surface area contributed by atoms with Crippen LogP contribution in [0, 0.1) is 0 Å². The molecule has 1 unspecified atom stereocenters. The summed E-state index contributed by atoms with van der Waals surface area (Å²) < 4.78 is 5.37. The summed E-state index contributed by atoms with van der Waals surface area (Å²) in [4.78, 5) is 6.98. The van der Waals surface area contributed by atoms with Crippen LogP contribution in [0.1, 0.15) is 19.3 Å². The number of methoxy groups -OCH3 is 1. The lowest BCUT2D eigenvalue weighted by molar-refractivity contribution is 0.415. The molecule has 0 aliphatic carbocycles. The first-order valence-corrected chi connectivity index (χ1v) is 7.66. The Hall–Kier alpha value is -1.81. The standard InChI is InChI=1S/C17H23N3O/c1-20(14-4-3-9-18-10-8-14)17-16-12-15(21-2)6-5-13(16)7-11-19-17/h5-7,11-12,14,18H,3-4,8-10H2,1-2H3. The fraction of sp³-hybridized carbons (Fsp3) is 0.471. The van der Waals surface area contributed by atoms with Crippen molar-refractivity contribution in [3.63, 3.8) is 0 Å². The lowest BCUT2D eigenvalue weighted by Crippen LogP contribution is -2.33. The molecule has 2 aromatic rings. The summed E-state index contributed by atoms with van der Waals surface area (Å²) in [5, 5.41) is 5.84. The van der Waals surface area contributed by atoms with Crippen LogP contribution in [0.5, 0.6) is 5.75 Å². The molecule has 1 aliphatic rings. The summed E-state index contributed by atoms with van der Waals surface area (Å²) >= 11 is 0. The van der Waals surface area contributed by atoms with Crippen LogP contribution in [0.15, 0.2) is 30.5 Å². The molecule has 1 saturated heterocycles. The minimum Gasteiger partial charge on any atom is -0.497 e. The zero-order valence-electron chi connectivity index (χ0n) is 12.8. The topological polar surface area (TPSA) is 37.4 Å². The number of ether oxygens (including phenoxy) is 1. The third-order valence-electron chi connectivity index (χ3n) is 4.38. The number of pyridine rings is 1. The largest absolute Gasteiger partial charge is 0.497 e. The van der Waals surface area contributed by atoms with Gasteiger partial charge >= 0.3 is 0 Å². The Bertz CT molecular complexity index is 606. The van der Waals surface area contributed by atoms with Crippen molar-refractivity contribution < 1.29 is 4.74 Å². The molecule has 0 amide bonds. The van der Waals surface area contributed by atoms with E-state index in [1.54, 1.807) is 7.11 Å². The Labute approximate surface area is 126 Å². The van der Waals surface area contributed by atoms with Crippen molar-refractivity contribution >= 4 is 16.6 Å². The number of hydrogen-bond donors (Lipinski definition) is 1. The van der Waals surface area contributed by atoms with E-state index in [-0.39, 0.29) is 0 Å². The van der Waals surface area contributed by atoms with Crippen LogP contribution in [-0.4, -0.2) is 38.3 Å². The number of hydrogen-bond acceptors (Lipinski definition) is 4. The number of nitrogens with zero attached hydrogens (tertiary/aromatic N) is 2. The number of nitrogens with one attached hydrogen (secondary N) is 1. The van der Waals surface area contributed by atoms with Gasteiger partial charge in [-0.25, -0.2) is 4.98 Å². The molecule has 2 heterocycles. The van der Waals surface area contributed by atoms with Crippen molar-refractivity contribution in [2.24, 2.45) is 0 Å². The zero-order chi connectivity index (χ0) is 14.7. The second-order valence-corrected chi connectivity index (χ2v) is 5.67. The van der Waals surface area contributed by atoms with Gasteiger partial charge in [0.05, 0.1) is 7.11 Å². The molecule has 0 saturated carbocycles. The number of benzene rings is 1. The molecule has 112 valence electrons. The molecule has 4 nitrogen and oxygen atoms in total. The zero-order valence-corrected chi connectivity index (χ0v) is 12.8. The van der Waals surface area contributed by atoms with Gasteiger partial charge in [0.1, 0.15) is 11.6 Å². The predicted molar refractivity (Wildman–Crippen MR) is 87.2 cm³/mol. The first-order chi connectivity index (χ1) is 10.3. The van der Waals surface area contributed by atoms with E-state index in [9.17, 15) is 0 Å². The highest BCUT2D eigenvalue weighted by Crippen LogP contribution is 2.29. The highest BCUT2D eigenvalue weighted by Gasteiger charge is 2.19. The van der Waals surface area contributed by atoms with Crippen molar-refractivity contribution in [1.82, 2.24) is 10.3 Å². The van der Waals surface area contributed by atoms with Crippen LogP contribution >= 0.6 is 0 Å². The third kappa shape index (κ3) is 2.95. The highest BCUT2D eigenvalue weighted by molar-refractivity contribution is 5.93. The molecule has 1 aliphatic heterocycles. The van der Waals surface area contributed by atoms with Crippen molar-refractivity contribution in [2.75, 3.05) is 32.1 Å². The summed E-state index contributed by atoms with van der Waals surface area (Å²) in [5.41, 5.74) is 0. The quantitative estimate of drug-likeness (QED) is 0.941.